The largest absolute Gasteiger partial charge is 0.573 e. The number of halogens is 3. The summed E-state index contributed by atoms with van der Waals surface area (Å²) in [4.78, 5) is 0.587. The molecule has 0 aromatic heterocycles. The van der Waals surface area contributed by atoms with Crippen molar-refractivity contribution in [3.63, 3.8) is 0 Å². The third kappa shape index (κ3) is 3.02. The van der Waals surface area contributed by atoms with E-state index in [-0.39, 0.29) is 10.6 Å². The highest BCUT2D eigenvalue weighted by molar-refractivity contribution is 7.98. The predicted octanol–water partition coefficient (Wildman–Crippen LogP) is 3.60. The van der Waals surface area contributed by atoms with Gasteiger partial charge in [-0.25, -0.2) is 0 Å². The third-order valence-corrected chi connectivity index (χ3v) is 2.51. The summed E-state index contributed by atoms with van der Waals surface area (Å²) >= 11 is 5.07. The number of alkyl halides is 3. The van der Waals surface area contributed by atoms with Crippen molar-refractivity contribution in [2.75, 3.05) is 6.26 Å². The van der Waals surface area contributed by atoms with Crippen molar-refractivity contribution >= 4 is 24.4 Å². The predicted molar refractivity (Wildman–Crippen MR) is 52.2 cm³/mol. The molecule has 0 saturated heterocycles. The molecule has 0 spiro atoms. The molecule has 0 heterocycles. The highest BCUT2D eigenvalue weighted by atomic mass is 32.2. The minimum absolute atomic E-state index is 0.175. The number of rotatable bonds is 2. The lowest BCUT2D eigenvalue weighted by atomic mass is 10.3. The van der Waals surface area contributed by atoms with E-state index >= 15 is 0 Å². The van der Waals surface area contributed by atoms with E-state index in [0.29, 0.717) is 4.90 Å². The van der Waals surface area contributed by atoms with Gasteiger partial charge >= 0.3 is 6.36 Å². The molecule has 0 aliphatic carbocycles. The summed E-state index contributed by atoms with van der Waals surface area (Å²) < 4.78 is 39.8. The maximum Gasteiger partial charge on any atom is 0.573 e. The molecule has 6 heteroatoms. The van der Waals surface area contributed by atoms with Crippen LogP contribution in [-0.4, -0.2) is 12.6 Å². The Kier molecular flexibility index (Phi) is 3.60. The van der Waals surface area contributed by atoms with E-state index in [0.717, 1.165) is 0 Å². The van der Waals surface area contributed by atoms with Crippen LogP contribution in [0.5, 0.6) is 5.75 Å². The molecule has 0 amide bonds. The number of ether oxygens (including phenoxy) is 1. The third-order valence-electron chi connectivity index (χ3n) is 1.40. The first-order valence-corrected chi connectivity index (χ1v) is 5.23. The van der Waals surface area contributed by atoms with Crippen LogP contribution in [0.4, 0.5) is 13.2 Å². The molecule has 1 aromatic rings. The number of thiol groups is 1. The second kappa shape index (κ2) is 4.35. The smallest absolute Gasteiger partial charge is 0.403 e. The summed E-state index contributed by atoms with van der Waals surface area (Å²) in [5.74, 6) is -0.240. The average Bonchev–Trinajstić information content (AvgIpc) is 2.06. The van der Waals surface area contributed by atoms with Gasteiger partial charge in [0.25, 0.3) is 0 Å². The molecule has 0 aliphatic rings. The summed E-state index contributed by atoms with van der Waals surface area (Å²) in [5, 5.41) is 0. The molecule has 0 radical (unpaired) electrons. The van der Waals surface area contributed by atoms with Crippen molar-refractivity contribution in [1.82, 2.24) is 0 Å². The zero-order valence-corrected chi connectivity index (χ0v) is 8.84. The first-order valence-electron chi connectivity index (χ1n) is 3.56. The first kappa shape index (κ1) is 11.6. The molecule has 0 aliphatic heterocycles. The topological polar surface area (TPSA) is 9.23 Å². The van der Waals surface area contributed by atoms with Crippen LogP contribution in [0.3, 0.4) is 0 Å². The van der Waals surface area contributed by atoms with E-state index in [1.807, 2.05) is 0 Å². The molecule has 0 unspecified atom stereocenters. The number of benzene rings is 1. The molecular weight excluding hydrogens is 233 g/mol. The maximum atomic E-state index is 12.0. The van der Waals surface area contributed by atoms with Gasteiger partial charge in [-0.1, -0.05) is 6.07 Å². The van der Waals surface area contributed by atoms with Crippen LogP contribution < -0.4 is 4.74 Å². The van der Waals surface area contributed by atoms with Gasteiger partial charge in [-0.15, -0.1) is 37.6 Å². The van der Waals surface area contributed by atoms with E-state index in [2.05, 4.69) is 17.4 Å². The lowest BCUT2D eigenvalue weighted by molar-refractivity contribution is -0.276. The summed E-state index contributed by atoms with van der Waals surface area (Å²) in [6.45, 7) is 0. The minimum Gasteiger partial charge on any atom is -0.403 e. The van der Waals surface area contributed by atoms with Gasteiger partial charge in [-0.05, 0) is 18.4 Å². The van der Waals surface area contributed by atoms with Gasteiger partial charge < -0.3 is 4.74 Å². The van der Waals surface area contributed by atoms with Gasteiger partial charge in [-0.2, -0.15) is 0 Å². The lowest BCUT2D eigenvalue weighted by Gasteiger charge is -2.13. The fourth-order valence-corrected chi connectivity index (χ4v) is 1.76. The van der Waals surface area contributed by atoms with Gasteiger partial charge in [0.15, 0.2) is 5.75 Å². The molecule has 1 rings (SSSR count). The molecule has 1 nitrogen and oxygen atoms in total. The van der Waals surface area contributed by atoms with Crippen molar-refractivity contribution < 1.29 is 17.9 Å². The molecule has 0 saturated carbocycles. The van der Waals surface area contributed by atoms with Gasteiger partial charge in [0.1, 0.15) is 0 Å². The van der Waals surface area contributed by atoms with Crippen LogP contribution in [0.2, 0.25) is 0 Å². The highest BCUT2D eigenvalue weighted by Crippen LogP contribution is 2.36. The van der Waals surface area contributed by atoms with Crippen molar-refractivity contribution in [1.29, 1.82) is 0 Å². The molecule has 1 aromatic carbocycles. The zero-order valence-electron chi connectivity index (χ0n) is 7.13. The minimum atomic E-state index is -4.68. The van der Waals surface area contributed by atoms with Gasteiger partial charge in [0.2, 0.25) is 0 Å². The molecule has 0 fully saturated rings. The standard InChI is InChI=1S/C8H7F3OS2/c1-14-6-4-2-3-5(13)7(6)12-8(9,10)11/h2-4,13H,1H3. The maximum absolute atomic E-state index is 12.0. The van der Waals surface area contributed by atoms with E-state index in [1.165, 1.54) is 17.8 Å². The number of para-hydroxylation sites is 1. The molecule has 0 N–H and O–H groups in total. The van der Waals surface area contributed by atoms with Gasteiger partial charge in [-0.3, -0.25) is 0 Å². The second-order valence-electron chi connectivity index (χ2n) is 2.36. The Morgan fingerprint density at radius 1 is 1.36 bits per heavy atom. The lowest BCUT2D eigenvalue weighted by Crippen LogP contribution is -2.17. The monoisotopic (exact) mass is 240 g/mol. The Labute approximate surface area is 89.0 Å². The van der Waals surface area contributed by atoms with Crippen molar-refractivity contribution in [3.05, 3.63) is 18.2 Å². The summed E-state index contributed by atoms with van der Waals surface area (Å²) in [5.41, 5.74) is 0. The average molecular weight is 240 g/mol. The van der Waals surface area contributed by atoms with Crippen molar-refractivity contribution in [2.45, 2.75) is 16.2 Å². The first-order chi connectivity index (χ1) is 6.44. The number of hydrogen-bond donors (Lipinski definition) is 1. The Bertz CT molecular complexity index is 325. The molecular formula is C8H7F3OS2. The van der Waals surface area contributed by atoms with Crippen molar-refractivity contribution in [3.8, 4) is 5.75 Å². The summed E-state index contributed by atoms with van der Waals surface area (Å²) in [7, 11) is 0. The van der Waals surface area contributed by atoms with E-state index in [9.17, 15) is 13.2 Å². The number of hydrogen-bond acceptors (Lipinski definition) is 3. The van der Waals surface area contributed by atoms with Gasteiger partial charge in [0, 0.05) is 4.90 Å². The normalized spacial score (nSPS) is 11.5. The summed E-state index contributed by atoms with van der Waals surface area (Å²) in [6, 6.07) is 4.62. The zero-order chi connectivity index (χ0) is 10.8. The van der Waals surface area contributed by atoms with E-state index in [1.54, 1.807) is 18.4 Å². The van der Waals surface area contributed by atoms with Crippen LogP contribution >= 0.6 is 24.4 Å². The van der Waals surface area contributed by atoms with Crippen molar-refractivity contribution in [2.24, 2.45) is 0 Å². The van der Waals surface area contributed by atoms with Crippen LogP contribution in [0.15, 0.2) is 28.0 Å². The quantitative estimate of drug-likeness (QED) is 0.624. The second-order valence-corrected chi connectivity index (χ2v) is 3.69. The highest BCUT2D eigenvalue weighted by Gasteiger charge is 2.32. The molecule has 14 heavy (non-hydrogen) atoms. The SMILES string of the molecule is CSc1cccc(S)c1OC(F)(F)F. The van der Waals surface area contributed by atoms with Crippen LogP contribution in [-0.2, 0) is 0 Å². The van der Waals surface area contributed by atoms with Crippen LogP contribution in [0.1, 0.15) is 0 Å². The van der Waals surface area contributed by atoms with Crippen LogP contribution in [0.25, 0.3) is 0 Å². The molecule has 0 bridgehead atoms. The molecule has 78 valence electrons. The van der Waals surface area contributed by atoms with E-state index in [4.69, 9.17) is 0 Å². The van der Waals surface area contributed by atoms with Crippen LogP contribution in [0, 0.1) is 0 Å². The van der Waals surface area contributed by atoms with E-state index < -0.39 is 6.36 Å². The number of thioether (sulfide) groups is 1. The summed E-state index contributed by atoms with van der Waals surface area (Å²) in [6.07, 6.45) is -3.00. The Morgan fingerprint density at radius 2 is 2.00 bits per heavy atom. The Balaban J connectivity index is 3.05. The Hall–Kier alpha value is -0.490. The fourth-order valence-electron chi connectivity index (χ4n) is 0.883. The Morgan fingerprint density at radius 3 is 2.50 bits per heavy atom. The van der Waals surface area contributed by atoms with Gasteiger partial charge in [0.05, 0.1) is 4.90 Å². The fraction of sp³-hybridized carbons (Fsp3) is 0.250. The molecule has 0 atom stereocenters.